The van der Waals surface area contributed by atoms with Crippen molar-refractivity contribution >= 4 is 64.2 Å². The first-order valence-electron chi connectivity index (χ1n) is 9.01. The van der Waals surface area contributed by atoms with Crippen LogP contribution in [0.3, 0.4) is 0 Å². The first-order chi connectivity index (χ1) is 14.7. The van der Waals surface area contributed by atoms with Gasteiger partial charge in [0.2, 0.25) is 5.91 Å². The molecule has 11 heteroatoms. The lowest BCUT2D eigenvalue weighted by atomic mass is 10.1. The summed E-state index contributed by atoms with van der Waals surface area (Å²) < 4.78 is 5.00. The number of carbonyl (C=O) groups excluding carboxylic acids is 4. The van der Waals surface area contributed by atoms with Crippen LogP contribution in [0.2, 0.25) is 15.1 Å². The molecular formula is C20H16Cl3N3O5. The predicted octanol–water partition coefficient (Wildman–Crippen LogP) is 3.32. The summed E-state index contributed by atoms with van der Waals surface area (Å²) >= 11 is 17.5. The molecule has 0 aromatic heterocycles. The molecule has 8 nitrogen and oxygen atoms in total. The van der Waals surface area contributed by atoms with Gasteiger partial charge in [0.1, 0.15) is 0 Å². The molecule has 1 saturated heterocycles. The Hall–Kier alpha value is -2.81. The second-order valence-corrected chi connectivity index (χ2v) is 7.89. The monoisotopic (exact) mass is 483 g/mol. The van der Waals surface area contributed by atoms with Crippen molar-refractivity contribution in [3.8, 4) is 0 Å². The third-order valence-corrected chi connectivity index (χ3v) is 5.34. The number of esters is 1. The summed E-state index contributed by atoms with van der Waals surface area (Å²) in [7, 11) is 0. The van der Waals surface area contributed by atoms with E-state index in [1.807, 2.05) is 0 Å². The molecule has 0 radical (unpaired) electrons. The molecule has 0 aliphatic carbocycles. The van der Waals surface area contributed by atoms with Gasteiger partial charge in [-0.3, -0.25) is 29.6 Å². The van der Waals surface area contributed by atoms with Gasteiger partial charge in [-0.25, -0.2) is 0 Å². The average molecular weight is 485 g/mol. The van der Waals surface area contributed by atoms with Gasteiger partial charge in [0, 0.05) is 22.7 Å². The molecule has 3 amide bonds. The predicted molar refractivity (Wildman–Crippen MR) is 115 cm³/mol. The number of nitrogens with zero attached hydrogens (tertiary/aromatic N) is 1. The van der Waals surface area contributed by atoms with Crippen LogP contribution in [0.15, 0.2) is 42.5 Å². The Morgan fingerprint density at radius 1 is 1.03 bits per heavy atom. The Morgan fingerprint density at radius 3 is 2.42 bits per heavy atom. The number of hydrogen-bond donors (Lipinski definition) is 2. The van der Waals surface area contributed by atoms with Gasteiger partial charge in [0.25, 0.3) is 11.8 Å². The minimum atomic E-state index is -0.815. The number of hydrazine groups is 1. The summed E-state index contributed by atoms with van der Waals surface area (Å²) in [5.74, 6) is -3.11. The number of anilines is 1. The third-order valence-electron chi connectivity index (χ3n) is 4.35. The second-order valence-electron chi connectivity index (χ2n) is 6.64. The maximum atomic E-state index is 12.3. The summed E-state index contributed by atoms with van der Waals surface area (Å²) in [5, 5.41) is 4.59. The fraction of sp³-hybridized carbons (Fsp3) is 0.200. The van der Waals surface area contributed by atoms with Gasteiger partial charge in [0.05, 0.1) is 22.5 Å². The highest BCUT2D eigenvalue weighted by Gasteiger charge is 2.36. The van der Waals surface area contributed by atoms with Crippen LogP contribution >= 0.6 is 34.8 Å². The third kappa shape index (κ3) is 6.10. The van der Waals surface area contributed by atoms with Gasteiger partial charge in [-0.2, -0.15) is 0 Å². The summed E-state index contributed by atoms with van der Waals surface area (Å²) in [6, 6.07) is 10.7. The number of hydrogen-bond acceptors (Lipinski definition) is 5. The lowest BCUT2D eigenvalue weighted by Gasteiger charge is -2.17. The van der Waals surface area contributed by atoms with Gasteiger partial charge in [0.15, 0.2) is 6.61 Å². The van der Waals surface area contributed by atoms with Crippen molar-refractivity contribution in [3.63, 3.8) is 0 Å². The van der Waals surface area contributed by atoms with Crippen molar-refractivity contribution in [2.45, 2.75) is 6.42 Å². The van der Waals surface area contributed by atoms with Crippen molar-refractivity contribution < 1.29 is 23.9 Å². The van der Waals surface area contributed by atoms with Crippen LogP contribution in [0.4, 0.5) is 5.69 Å². The van der Waals surface area contributed by atoms with Gasteiger partial charge in [-0.05, 0) is 42.5 Å². The highest BCUT2D eigenvalue weighted by molar-refractivity contribution is 6.42. The fourth-order valence-corrected chi connectivity index (χ4v) is 3.21. The van der Waals surface area contributed by atoms with Crippen LogP contribution in [-0.2, 0) is 19.1 Å². The van der Waals surface area contributed by atoms with E-state index in [2.05, 4.69) is 10.7 Å². The van der Waals surface area contributed by atoms with Crippen molar-refractivity contribution in [1.82, 2.24) is 10.4 Å². The number of halogens is 3. The number of amides is 3. The molecule has 1 heterocycles. The molecule has 3 rings (SSSR count). The zero-order chi connectivity index (χ0) is 22.5. The minimum absolute atomic E-state index is 0.0798. The van der Waals surface area contributed by atoms with Crippen LogP contribution in [0.25, 0.3) is 0 Å². The number of rotatable bonds is 6. The molecule has 1 atom stereocenters. The van der Waals surface area contributed by atoms with E-state index >= 15 is 0 Å². The average Bonchev–Trinajstić information content (AvgIpc) is 3.10. The van der Waals surface area contributed by atoms with Crippen LogP contribution in [0.5, 0.6) is 0 Å². The molecule has 0 unspecified atom stereocenters. The first kappa shape index (κ1) is 22.9. The molecule has 1 aliphatic heterocycles. The summed E-state index contributed by atoms with van der Waals surface area (Å²) in [6.07, 6.45) is -0.153. The van der Waals surface area contributed by atoms with Crippen molar-refractivity contribution in [1.29, 1.82) is 0 Å². The molecule has 2 aromatic carbocycles. The highest BCUT2D eigenvalue weighted by atomic mass is 35.5. The van der Waals surface area contributed by atoms with Crippen LogP contribution in [-0.4, -0.2) is 41.9 Å². The Bertz CT molecular complexity index is 1030. The van der Waals surface area contributed by atoms with Gasteiger partial charge in [-0.1, -0.05) is 34.8 Å². The van der Waals surface area contributed by atoms with Gasteiger partial charge in [-0.15, -0.1) is 0 Å². The minimum Gasteiger partial charge on any atom is -0.455 e. The Kier molecular flexibility index (Phi) is 7.37. The molecule has 31 heavy (non-hydrogen) atoms. The Labute approximate surface area is 192 Å². The molecule has 162 valence electrons. The van der Waals surface area contributed by atoms with E-state index in [-0.39, 0.29) is 23.6 Å². The summed E-state index contributed by atoms with van der Waals surface area (Å²) in [4.78, 5) is 48.6. The lowest BCUT2D eigenvalue weighted by molar-refractivity contribution is -0.151. The molecule has 1 fully saturated rings. The van der Waals surface area contributed by atoms with Crippen molar-refractivity contribution in [2.75, 3.05) is 18.5 Å². The zero-order valence-electron chi connectivity index (χ0n) is 15.9. The molecule has 0 bridgehead atoms. The first-order valence-corrected chi connectivity index (χ1v) is 10.1. The SMILES string of the molecule is O=C(COC(=O)[C@H]1CC(=O)N(NC(=O)c2ccc(Cl)c(Cl)c2)C1)Nc1ccc(Cl)cc1. The largest absolute Gasteiger partial charge is 0.455 e. The Balaban J connectivity index is 1.49. The number of carbonyl (C=O) groups is 4. The van der Waals surface area contributed by atoms with E-state index in [1.165, 1.54) is 18.2 Å². The Morgan fingerprint density at radius 2 is 1.74 bits per heavy atom. The topological polar surface area (TPSA) is 105 Å². The quantitative estimate of drug-likeness (QED) is 0.612. The number of nitrogens with one attached hydrogen (secondary N) is 2. The second kappa shape index (κ2) is 10.00. The van der Waals surface area contributed by atoms with Crippen LogP contribution in [0, 0.1) is 5.92 Å². The molecule has 0 saturated carbocycles. The van der Waals surface area contributed by atoms with E-state index in [9.17, 15) is 19.2 Å². The maximum Gasteiger partial charge on any atom is 0.311 e. The van der Waals surface area contributed by atoms with Gasteiger partial charge < -0.3 is 10.1 Å². The van der Waals surface area contributed by atoms with E-state index in [0.717, 1.165) is 5.01 Å². The highest BCUT2D eigenvalue weighted by Crippen LogP contribution is 2.23. The van der Waals surface area contributed by atoms with Crippen LogP contribution in [0.1, 0.15) is 16.8 Å². The fourth-order valence-electron chi connectivity index (χ4n) is 2.78. The van der Waals surface area contributed by atoms with E-state index in [1.54, 1.807) is 24.3 Å². The smallest absolute Gasteiger partial charge is 0.311 e. The molecule has 0 spiro atoms. The zero-order valence-corrected chi connectivity index (χ0v) is 18.1. The van der Waals surface area contributed by atoms with E-state index in [0.29, 0.717) is 15.7 Å². The summed E-state index contributed by atoms with van der Waals surface area (Å²) in [5.41, 5.74) is 3.12. The molecule has 1 aliphatic rings. The molecular weight excluding hydrogens is 469 g/mol. The van der Waals surface area contributed by atoms with Gasteiger partial charge >= 0.3 is 5.97 Å². The van der Waals surface area contributed by atoms with Crippen molar-refractivity contribution in [3.05, 3.63) is 63.1 Å². The number of benzene rings is 2. The normalized spacial score (nSPS) is 15.5. The van der Waals surface area contributed by atoms with Crippen LogP contribution < -0.4 is 10.7 Å². The van der Waals surface area contributed by atoms with E-state index < -0.39 is 36.2 Å². The number of ether oxygens (including phenoxy) is 1. The lowest BCUT2D eigenvalue weighted by Crippen LogP contribution is -2.43. The summed E-state index contributed by atoms with van der Waals surface area (Å²) in [6.45, 7) is -0.592. The standard InChI is InChI=1S/C20H16Cl3N3O5/c21-13-2-4-14(5-3-13)24-17(27)10-31-20(30)12-8-18(28)26(9-12)25-19(29)11-1-6-15(22)16(23)7-11/h1-7,12H,8-10H2,(H,24,27)(H,25,29)/t12-/m0/s1. The molecule has 2 N–H and O–H groups in total. The van der Waals surface area contributed by atoms with E-state index in [4.69, 9.17) is 39.5 Å². The molecule has 2 aromatic rings. The van der Waals surface area contributed by atoms with Crippen molar-refractivity contribution in [2.24, 2.45) is 5.92 Å². The maximum absolute atomic E-state index is 12.3.